The van der Waals surface area contributed by atoms with Gasteiger partial charge in [-0.25, -0.2) is 9.78 Å². The van der Waals surface area contributed by atoms with Crippen molar-refractivity contribution in [2.24, 2.45) is 0 Å². The molecular weight excluding hydrogens is 334 g/mol. The lowest BCUT2D eigenvalue weighted by Gasteiger charge is -2.35. The van der Waals surface area contributed by atoms with Crippen LogP contribution in [0.4, 0.5) is 22.0 Å². The van der Waals surface area contributed by atoms with Crippen LogP contribution in [0, 0.1) is 0 Å². The Labute approximate surface area is 146 Å². The van der Waals surface area contributed by atoms with E-state index in [1.54, 1.807) is 0 Å². The number of carbonyl (C=O) groups excluding carboxylic acids is 1. The van der Waals surface area contributed by atoms with Crippen LogP contribution in [-0.4, -0.2) is 49.0 Å². The van der Waals surface area contributed by atoms with Crippen molar-refractivity contribution >= 4 is 34.9 Å². The van der Waals surface area contributed by atoms with E-state index in [9.17, 15) is 4.79 Å². The van der Waals surface area contributed by atoms with Crippen LogP contribution in [-0.2, 0) is 9.47 Å². The summed E-state index contributed by atoms with van der Waals surface area (Å²) in [6, 6.07) is 0. The summed E-state index contributed by atoms with van der Waals surface area (Å²) in [5, 5.41) is 3.14. The molecular formula is C15H24ClN5O3. The highest BCUT2D eigenvalue weighted by atomic mass is 35.5. The minimum absolute atomic E-state index is 0.212. The summed E-state index contributed by atoms with van der Waals surface area (Å²) >= 11 is 6.21. The average Bonchev–Trinajstić information content (AvgIpc) is 2.48. The second kappa shape index (κ2) is 7.31. The number of amides is 1. The molecule has 1 fully saturated rings. The van der Waals surface area contributed by atoms with E-state index in [1.165, 1.54) is 6.20 Å². The number of nitrogens with zero attached hydrogens (tertiary/aromatic N) is 2. The molecule has 1 aromatic heterocycles. The van der Waals surface area contributed by atoms with E-state index in [-0.39, 0.29) is 11.9 Å². The minimum Gasteiger partial charge on any atom is -0.444 e. The lowest BCUT2D eigenvalue weighted by atomic mass is 10.2. The van der Waals surface area contributed by atoms with Crippen LogP contribution < -0.4 is 21.7 Å². The second-order valence-electron chi connectivity index (χ2n) is 6.58. The Morgan fingerprint density at radius 2 is 2.25 bits per heavy atom. The average molecular weight is 358 g/mol. The molecule has 0 aliphatic carbocycles. The number of ether oxygens (including phenoxy) is 2. The van der Waals surface area contributed by atoms with Crippen LogP contribution in [0.3, 0.4) is 0 Å². The smallest absolute Gasteiger partial charge is 0.407 e. The molecule has 2 heterocycles. The van der Waals surface area contributed by atoms with Gasteiger partial charge in [0.1, 0.15) is 11.4 Å². The van der Waals surface area contributed by atoms with Gasteiger partial charge in [-0.1, -0.05) is 11.6 Å². The molecule has 0 radical (unpaired) electrons. The molecule has 134 valence electrons. The number of aromatic nitrogens is 1. The van der Waals surface area contributed by atoms with E-state index < -0.39 is 11.7 Å². The van der Waals surface area contributed by atoms with Gasteiger partial charge < -0.3 is 31.2 Å². The summed E-state index contributed by atoms with van der Waals surface area (Å²) < 4.78 is 10.9. The summed E-state index contributed by atoms with van der Waals surface area (Å²) in [4.78, 5) is 17.7. The van der Waals surface area contributed by atoms with Crippen LogP contribution in [0.15, 0.2) is 6.20 Å². The van der Waals surface area contributed by atoms with E-state index >= 15 is 0 Å². The van der Waals surface area contributed by atoms with Gasteiger partial charge in [-0.3, -0.25) is 0 Å². The van der Waals surface area contributed by atoms with Gasteiger partial charge in [0.2, 0.25) is 0 Å². The Morgan fingerprint density at radius 1 is 1.54 bits per heavy atom. The molecule has 1 aliphatic rings. The molecule has 24 heavy (non-hydrogen) atoms. The van der Waals surface area contributed by atoms with Crippen LogP contribution in [0.25, 0.3) is 0 Å². The first-order chi connectivity index (χ1) is 11.2. The first-order valence-electron chi connectivity index (χ1n) is 7.70. The van der Waals surface area contributed by atoms with Crippen LogP contribution in [0.1, 0.15) is 20.8 Å². The zero-order valence-electron chi connectivity index (χ0n) is 14.1. The van der Waals surface area contributed by atoms with Crippen LogP contribution in [0.2, 0.25) is 5.02 Å². The molecule has 1 saturated heterocycles. The summed E-state index contributed by atoms with van der Waals surface area (Å²) in [7, 11) is 0. The highest BCUT2D eigenvalue weighted by Gasteiger charge is 2.26. The Kier molecular flexibility index (Phi) is 5.61. The number of alkyl carbamates (subject to hydrolysis) is 1. The largest absolute Gasteiger partial charge is 0.444 e. The standard InChI is InChI=1S/C15H24ClN5O3/c1-15(2,3)24-14(22)20-6-9-8-21(4-5-23-9)12-10(16)7-19-13(18)11(12)17/h7,9H,4-6,8,17H2,1-3H3,(H2,18,19)(H,20,22). The number of anilines is 3. The number of nitrogen functional groups attached to an aromatic ring is 2. The number of halogens is 1. The van der Waals surface area contributed by atoms with Gasteiger partial charge in [-0.15, -0.1) is 0 Å². The summed E-state index contributed by atoms with van der Waals surface area (Å²) in [5.74, 6) is 0.240. The van der Waals surface area contributed by atoms with Gasteiger partial charge in [0.25, 0.3) is 0 Å². The van der Waals surface area contributed by atoms with Crippen LogP contribution >= 0.6 is 11.6 Å². The van der Waals surface area contributed by atoms with Gasteiger partial charge in [0.15, 0.2) is 0 Å². The molecule has 8 nitrogen and oxygen atoms in total. The highest BCUT2D eigenvalue weighted by molar-refractivity contribution is 6.34. The van der Waals surface area contributed by atoms with E-state index in [1.807, 2.05) is 25.7 Å². The summed E-state index contributed by atoms with van der Waals surface area (Å²) in [6.45, 7) is 7.37. The van der Waals surface area contributed by atoms with Crippen molar-refractivity contribution in [3.05, 3.63) is 11.2 Å². The van der Waals surface area contributed by atoms with E-state index in [4.69, 9.17) is 32.5 Å². The molecule has 0 aromatic carbocycles. The van der Waals surface area contributed by atoms with E-state index in [0.29, 0.717) is 42.6 Å². The van der Waals surface area contributed by atoms with Crippen molar-refractivity contribution in [2.75, 3.05) is 42.6 Å². The number of morpholine rings is 1. The normalized spacial score (nSPS) is 18.3. The fourth-order valence-corrected chi connectivity index (χ4v) is 2.66. The number of rotatable bonds is 3. The van der Waals surface area contributed by atoms with Gasteiger partial charge >= 0.3 is 6.09 Å². The van der Waals surface area contributed by atoms with Crippen LogP contribution in [0.5, 0.6) is 0 Å². The first-order valence-corrected chi connectivity index (χ1v) is 8.08. The van der Waals surface area contributed by atoms with Crippen molar-refractivity contribution in [3.63, 3.8) is 0 Å². The second-order valence-corrected chi connectivity index (χ2v) is 6.98. The SMILES string of the molecule is CC(C)(C)OC(=O)NCC1CN(c2c(Cl)cnc(N)c2N)CCO1. The third-order valence-corrected chi connectivity index (χ3v) is 3.68. The third kappa shape index (κ3) is 4.78. The first kappa shape index (κ1) is 18.4. The van der Waals surface area contributed by atoms with Crippen molar-refractivity contribution in [1.82, 2.24) is 10.3 Å². The maximum atomic E-state index is 11.7. The summed E-state index contributed by atoms with van der Waals surface area (Å²) in [5.41, 5.74) is 12.2. The molecule has 1 atom stereocenters. The molecule has 0 saturated carbocycles. The molecule has 0 spiro atoms. The Morgan fingerprint density at radius 3 is 2.92 bits per heavy atom. The molecule has 2 rings (SSSR count). The van der Waals surface area contributed by atoms with Crippen molar-refractivity contribution in [1.29, 1.82) is 0 Å². The van der Waals surface area contributed by atoms with Crippen molar-refractivity contribution in [2.45, 2.75) is 32.5 Å². The fraction of sp³-hybridized carbons (Fsp3) is 0.600. The fourth-order valence-electron chi connectivity index (χ4n) is 2.39. The molecule has 1 aliphatic heterocycles. The molecule has 0 bridgehead atoms. The molecule has 1 aromatic rings. The Bertz CT molecular complexity index is 606. The van der Waals surface area contributed by atoms with Gasteiger partial charge in [0.05, 0.1) is 35.3 Å². The van der Waals surface area contributed by atoms with Gasteiger partial charge in [0, 0.05) is 19.6 Å². The molecule has 1 amide bonds. The topological polar surface area (TPSA) is 116 Å². The lowest BCUT2D eigenvalue weighted by Crippen LogP contribution is -2.48. The Balaban J connectivity index is 1.98. The maximum absolute atomic E-state index is 11.7. The van der Waals surface area contributed by atoms with Gasteiger partial charge in [-0.2, -0.15) is 0 Å². The number of carbonyl (C=O) groups is 1. The van der Waals surface area contributed by atoms with Crippen molar-refractivity contribution in [3.8, 4) is 0 Å². The number of hydrogen-bond donors (Lipinski definition) is 3. The number of hydrogen-bond acceptors (Lipinski definition) is 7. The van der Waals surface area contributed by atoms with Crippen molar-refractivity contribution < 1.29 is 14.3 Å². The molecule has 1 unspecified atom stereocenters. The zero-order valence-corrected chi connectivity index (χ0v) is 14.9. The number of nitrogens with one attached hydrogen (secondary N) is 1. The minimum atomic E-state index is -0.542. The molecule has 9 heteroatoms. The van der Waals surface area contributed by atoms with E-state index in [0.717, 1.165) is 0 Å². The molecule has 5 N–H and O–H groups in total. The third-order valence-electron chi connectivity index (χ3n) is 3.40. The zero-order chi connectivity index (χ0) is 17.9. The Hall–Kier alpha value is -1.93. The number of nitrogens with two attached hydrogens (primary N) is 2. The summed E-state index contributed by atoms with van der Waals surface area (Å²) in [6.07, 6.45) is 0.788. The lowest BCUT2D eigenvalue weighted by molar-refractivity contribution is 0.0283. The predicted octanol–water partition coefficient (Wildman–Crippen LogP) is 1.63. The quantitative estimate of drug-likeness (QED) is 0.752. The maximum Gasteiger partial charge on any atom is 0.407 e. The van der Waals surface area contributed by atoms with Gasteiger partial charge in [-0.05, 0) is 20.8 Å². The monoisotopic (exact) mass is 357 g/mol. The number of pyridine rings is 1. The highest BCUT2D eigenvalue weighted by Crippen LogP contribution is 2.35. The van der Waals surface area contributed by atoms with E-state index in [2.05, 4.69) is 10.3 Å². The predicted molar refractivity (Wildman–Crippen MR) is 94.3 cm³/mol.